The van der Waals surface area contributed by atoms with Crippen LogP contribution in [0.3, 0.4) is 0 Å². The van der Waals surface area contributed by atoms with Gasteiger partial charge >= 0.3 is 0 Å². The average molecular weight is 288 g/mol. The summed E-state index contributed by atoms with van der Waals surface area (Å²) in [6, 6.07) is 12.4. The molecule has 0 saturated carbocycles. The van der Waals surface area contributed by atoms with Crippen molar-refractivity contribution in [2.75, 3.05) is 21.3 Å². The zero-order valence-corrected chi connectivity index (χ0v) is 13.0. The lowest BCUT2D eigenvalue weighted by atomic mass is 10.1. The fourth-order valence-corrected chi connectivity index (χ4v) is 2.19. The van der Waals surface area contributed by atoms with Crippen LogP contribution in [-0.4, -0.2) is 21.3 Å². The first-order chi connectivity index (χ1) is 10.2. The molecule has 0 atom stereocenters. The van der Waals surface area contributed by atoms with Crippen molar-refractivity contribution in [3.8, 4) is 17.2 Å². The number of quaternary nitrogens is 1. The first-order valence-corrected chi connectivity index (χ1v) is 6.86. The number of hydrogen-bond acceptors (Lipinski definition) is 3. The van der Waals surface area contributed by atoms with Crippen molar-refractivity contribution >= 4 is 5.69 Å². The lowest BCUT2D eigenvalue weighted by Crippen LogP contribution is -2.76. The molecule has 0 saturated heterocycles. The van der Waals surface area contributed by atoms with Crippen molar-refractivity contribution in [1.29, 1.82) is 0 Å². The molecule has 0 unspecified atom stereocenters. The van der Waals surface area contributed by atoms with Crippen molar-refractivity contribution in [3.63, 3.8) is 0 Å². The van der Waals surface area contributed by atoms with E-state index in [1.807, 2.05) is 12.1 Å². The largest absolute Gasteiger partial charge is 0.493 e. The van der Waals surface area contributed by atoms with E-state index in [1.54, 1.807) is 21.3 Å². The van der Waals surface area contributed by atoms with Crippen LogP contribution in [0.2, 0.25) is 0 Å². The molecule has 2 aromatic carbocycles. The van der Waals surface area contributed by atoms with E-state index in [0.717, 1.165) is 12.1 Å². The highest BCUT2D eigenvalue weighted by Crippen LogP contribution is 2.37. The van der Waals surface area contributed by atoms with Crippen molar-refractivity contribution < 1.29 is 19.5 Å². The lowest BCUT2D eigenvalue weighted by Gasteiger charge is -2.13. The Morgan fingerprint density at radius 3 is 1.90 bits per heavy atom. The maximum Gasteiger partial charge on any atom is 0.203 e. The van der Waals surface area contributed by atoms with Gasteiger partial charge in [-0.1, -0.05) is 17.7 Å². The minimum absolute atomic E-state index is 0.624. The van der Waals surface area contributed by atoms with Gasteiger partial charge in [0.1, 0.15) is 12.2 Å². The molecule has 0 aromatic heterocycles. The molecule has 0 aliphatic carbocycles. The van der Waals surface area contributed by atoms with Crippen LogP contribution >= 0.6 is 0 Å². The number of ether oxygens (including phenoxy) is 3. The third-order valence-electron chi connectivity index (χ3n) is 3.38. The standard InChI is InChI=1S/C17H21NO3/c1-12-5-7-14(8-6-12)18-11-13-9-15(19-2)17(21-4)16(10-13)20-3/h5-10,18H,11H2,1-4H3/p+1. The van der Waals surface area contributed by atoms with Crippen molar-refractivity contribution in [2.45, 2.75) is 13.5 Å². The van der Waals surface area contributed by atoms with E-state index in [0.29, 0.717) is 17.2 Å². The van der Waals surface area contributed by atoms with Crippen LogP contribution < -0.4 is 19.5 Å². The number of aryl methyl sites for hydroxylation is 1. The smallest absolute Gasteiger partial charge is 0.203 e. The van der Waals surface area contributed by atoms with Gasteiger partial charge in [-0.25, -0.2) is 0 Å². The molecule has 2 rings (SSSR count). The van der Waals surface area contributed by atoms with Crippen LogP contribution in [-0.2, 0) is 6.54 Å². The highest BCUT2D eigenvalue weighted by atomic mass is 16.5. The molecule has 0 spiro atoms. The zero-order valence-electron chi connectivity index (χ0n) is 13.0. The molecule has 2 N–H and O–H groups in total. The van der Waals surface area contributed by atoms with E-state index in [1.165, 1.54) is 11.3 Å². The zero-order chi connectivity index (χ0) is 15.2. The number of hydrogen-bond donors (Lipinski definition) is 1. The van der Waals surface area contributed by atoms with Gasteiger partial charge < -0.3 is 19.5 Å². The van der Waals surface area contributed by atoms with Gasteiger partial charge in [-0.3, -0.25) is 0 Å². The first kappa shape index (κ1) is 15.2. The molecule has 4 heteroatoms. The molecule has 21 heavy (non-hydrogen) atoms. The Hall–Kier alpha value is -2.20. The second kappa shape index (κ2) is 6.99. The molecule has 0 heterocycles. The SMILES string of the molecule is COc1cc(C[NH2+]c2ccc(C)cc2)cc(OC)c1OC. The molecule has 0 bridgehead atoms. The molecular formula is C17H22NO3+. The predicted molar refractivity (Wildman–Crippen MR) is 82.6 cm³/mol. The fraction of sp³-hybridized carbons (Fsp3) is 0.294. The van der Waals surface area contributed by atoms with E-state index in [-0.39, 0.29) is 0 Å². The molecular weight excluding hydrogens is 266 g/mol. The Bertz CT molecular complexity index is 568. The summed E-state index contributed by atoms with van der Waals surface area (Å²) in [7, 11) is 4.87. The van der Waals surface area contributed by atoms with Crippen molar-refractivity contribution in [2.24, 2.45) is 0 Å². The summed E-state index contributed by atoms with van der Waals surface area (Å²) in [6.45, 7) is 2.89. The van der Waals surface area contributed by atoms with Gasteiger partial charge in [0, 0.05) is 5.56 Å². The van der Waals surface area contributed by atoms with E-state index in [4.69, 9.17) is 14.2 Å². The number of rotatable bonds is 6. The van der Waals surface area contributed by atoms with Gasteiger partial charge in [0.15, 0.2) is 11.5 Å². The Labute approximate surface area is 125 Å². The van der Waals surface area contributed by atoms with E-state index >= 15 is 0 Å². The fourth-order valence-electron chi connectivity index (χ4n) is 2.19. The van der Waals surface area contributed by atoms with Crippen LogP contribution in [0.1, 0.15) is 11.1 Å². The second-order valence-corrected chi connectivity index (χ2v) is 4.85. The number of nitrogens with two attached hydrogens (primary N) is 1. The van der Waals surface area contributed by atoms with E-state index in [2.05, 4.69) is 36.5 Å². The molecule has 0 fully saturated rings. The number of methoxy groups -OCH3 is 3. The van der Waals surface area contributed by atoms with E-state index in [9.17, 15) is 0 Å². The summed E-state index contributed by atoms with van der Waals surface area (Å²) >= 11 is 0. The third-order valence-corrected chi connectivity index (χ3v) is 3.38. The molecule has 0 amide bonds. The summed E-state index contributed by atoms with van der Waals surface area (Å²) in [4.78, 5) is 0. The topological polar surface area (TPSA) is 44.3 Å². The maximum atomic E-state index is 5.37. The Morgan fingerprint density at radius 1 is 0.857 bits per heavy atom. The van der Waals surface area contributed by atoms with Gasteiger partial charge in [-0.05, 0) is 31.2 Å². The van der Waals surface area contributed by atoms with Crippen LogP contribution in [0, 0.1) is 6.92 Å². The first-order valence-electron chi connectivity index (χ1n) is 6.86. The van der Waals surface area contributed by atoms with E-state index < -0.39 is 0 Å². The second-order valence-electron chi connectivity index (χ2n) is 4.85. The monoisotopic (exact) mass is 288 g/mol. The minimum Gasteiger partial charge on any atom is -0.493 e. The average Bonchev–Trinajstić information content (AvgIpc) is 2.53. The lowest BCUT2D eigenvalue weighted by molar-refractivity contribution is -0.588. The molecule has 2 aromatic rings. The summed E-state index contributed by atoms with van der Waals surface area (Å²) in [5, 5.41) is 2.18. The summed E-state index contributed by atoms with van der Waals surface area (Å²) in [5.74, 6) is 1.99. The van der Waals surface area contributed by atoms with Crippen LogP contribution in [0.15, 0.2) is 36.4 Å². The summed E-state index contributed by atoms with van der Waals surface area (Å²) < 4.78 is 16.1. The van der Waals surface area contributed by atoms with Crippen LogP contribution in [0.5, 0.6) is 17.2 Å². The normalized spacial score (nSPS) is 10.3. The van der Waals surface area contributed by atoms with Gasteiger partial charge in [-0.2, -0.15) is 0 Å². The Morgan fingerprint density at radius 2 is 1.43 bits per heavy atom. The summed E-state index contributed by atoms with van der Waals surface area (Å²) in [6.07, 6.45) is 0. The predicted octanol–water partition coefficient (Wildman–Crippen LogP) is 2.42. The third kappa shape index (κ3) is 3.67. The molecule has 0 radical (unpaired) electrons. The van der Waals surface area contributed by atoms with Crippen LogP contribution in [0.25, 0.3) is 0 Å². The van der Waals surface area contributed by atoms with Gasteiger partial charge in [0.2, 0.25) is 5.75 Å². The quantitative estimate of drug-likeness (QED) is 0.830. The van der Waals surface area contributed by atoms with Gasteiger partial charge in [0.25, 0.3) is 0 Å². The molecule has 0 aliphatic rings. The molecule has 112 valence electrons. The highest BCUT2D eigenvalue weighted by Gasteiger charge is 2.13. The van der Waals surface area contributed by atoms with Crippen molar-refractivity contribution in [3.05, 3.63) is 47.5 Å². The van der Waals surface area contributed by atoms with Gasteiger partial charge in [0.05, 0.1) is 21.3 Å². The maximum absolute atomic E-state index is 5.37. The minimum atomic E-state index is 0.624. The molecule has 4 nitrogen and oxygen atoms in total. The molecule has 0 aliphatic heterocycles. The summed E-state index contributed by atoms with van der Waals surface area (Å²) in [5.41, 5.74) is 3.58. The Balaban J connectivity index is 2.18. The van der Waals surface area contributed by atoms with Crippen LogP contribution in [0.4, 0.5) is 5.69 Å². The van der Waals surface area contributed by atoms with Gasteiger partial charge in [-0.15, -0.1) is 0 Å². The highest BCUT2D eigenvalue weighted by molar-refractivity contribution is 5.53. The van der Waals surface area contributed by atoms with Crippen molar-refractivity contribution in [1.82, 2.24) is 0 Å². The number of benzene rings is 2. The Kier molecular flexibility index (Phi) is 5.06.